The van der Waals surface area contributed by atoms with E-state index in [1.54, 1.807) is 18.2 Å². The Labute approximate surface area is 131 Å². The van der Waals surface area contributed by atoms with Gasteiger partial charge in [-0.25, -0.2) is 4.79 Å². The standard InChI is InChI=1S/C16H13ClN2O3/c17-10-4-5-15(20)13(7-10)11-2-1-3-12(11)14-6-9(16(21)22)8-18-19-14/h4-8,20H,1-3H2,(H,21,22). The number of halogens is 1. The van der Waals surface area contributed by atoms with Crippen LogP contribution in [0.3, 0.4) is 0 Å². The molecule has 0 saturated carbocycles. The lowest BCUT2D eigenvalue weighted by Crippen LogP contribution is -2.01. The Hall–Kier alpha value is -2.40. The highest BCUT2D eigenvalue weighted by atomic mass is 35.5. The molecule has 1 aliphatic carbocycles. The van der Waals surface area contributed by atoms with Crippen LogP contribution in [0.15, 0.2) is 30.5 Å². The van der Waals surface area contributed by atoms with Gasteiger partial charge in [-0.1, -0.05) is 11.6 Å². The van der Waals surface area contributed by atoms with Gasteiger partial charge in [-0.3, -0.25) is 0 Å². The van der Waals surface area contributed by atoms with Gasteiger partial charge in [0.2, 0.25) is 0 Å². The predicted octanol–water partition coefficient (Wildman–Crippen LogP) is 3.63. The van der Waals surface area contributed by atoms with Crippen LogP contribution in [-0.4, -0.2) is 26.4 Å². The molecule has 0 amide bonds. The molecule has 1 aromatic heterocycles. The highest BCUT2D eigenvalue weighted by molar-refractivity contribution is 6.30. The SMILES string of the molecule is O=C(O)c1cnnc(C2=C(c3cc(Cl)ccc3O)CCC2)c1. The molecule has 5 nitrogen and oxygen atoms in total. The number of hydrogen-bond acceptors (Lipinski definition) is 4. The minimum atomic E-state index is -1.04. The number of carboxylic acid groups (broad SMARTS) is 1. The number of hydrogen-bond donors (Lipinski definition) is 2. The van der Waals surface area contributed by atoms with Crippen molar-refractivity contribution in [3.05, 3.63) is 52.3 Å². The highest BCUT2D eigenvalue weighted by Crippen LogP contribution is 2.42. The maximum Gasteiger partial charge on any atom is 0.337 e. The van der Waals surface area contributed by atoms with E-state index in [0.717, 1.165) is 30.4 Å². The van der Waals surface area contributed by atoms with Gasteiger partial charge in [0.25, 0.3) is 0 Å². The Bertz CT molecular complexity index is 787. The third-order valence-electron chi connectivity index (χ3n) is 3.71. The van der Waals surface area contributed by atoms with Crippen LogP contribution >= 0.6 is 11.6 Å². The minimum Gasteiger partial charge on any atom is -0.507 e. The zero-order valence-electron chi connectivity index (χ0n) is 11.6. The molecule has 0 radical (unpaired) electrons. The fourth-order valence-electron chi connectivity index (χ4n) is 2.70. The van der Waals surface area contributed by atoms with Gasteiger partial charge in [-0.2, -0.15) is 10.2 Å². The summed E-state index contributed by atoms with van der Waals surface area (Å²) in [6.45, 7) is 0. The third kappa shape index (κ3) is 2.67. The van der Waals surface area contributed by atoms with Crippen molar-refractivity contribution in [3.63, 3.8) is 0 Å². The number of aromatic hydroxyl groups is 1. The molecule has 0 saturated heterocycles. The number of allylic oxidation sites excluding steroid dienone is 2. The largest absolute Gasteiger partial charge is 0.507 e. The molecule has 0 bridgehead atoms. The summed E-state index contributed by atoms with van der Waals surface area (Å²) < 4.78 is 0. The van der Waals surface area contributed by atoms with E-state index in [1.807, 2.05) is 0 Å². The van der Waals surface area contributed by atoms with Gasteiger partial charge in [0.05, 0.1) is 17.5 Å². The van der Waals surface area contributed by atoms with Gasteiger partial charge in [0.1, 0.15) is 5.75 Å². The molecular formula is C16H13ClN2O3. The lowest BCUT2D eigenvalue weighted by Gasteiger charge is -2.10. The Morgan fingerprint density at radius 2 is 1.95 bits per heavy atom. The monoisotopic (exact) mass is 316 g/mol. The summed E-state index contributed by atoms with van der Waals surface area (Å²) in [5.41, 5.74) is 3.15. The van der Waals surface area contributed by atoms with E-state index in [1.165, 1.54) is 12.3 Å². The van der Waals surface area contributed by atoms with Crippen molar-refractivity contribution in [1.29, 1.82) is 0 Å². The van der Waals surface area contributed by atoms with Crippen molar-refractivity contribution < 1.29 is 15.0 Å². The van der Waals surface area contributed by atoms with Crippen LogP contribution in [0.25, 0.3) is 11.1 Å². The quantitative estimate of drug-likeness (QED) is 0.903. The van der Waals surface area contributed by atoms with E-state index < -0.39 is 5.97 Å². The molecule has 0 aliphatic heterocycles. The second-order valence-corrected chi connectivity index (χ2v) is 5.54. The van der Waals surface area contributed by atoms with E-state index in [4.69, 9.17) is 16.7 Å². The van der Waals surface area contributed by atoms with Gasteiger partial charge >= 0.3 is 5.97 Å². The van der Waals surface area contributed by atoms with Crippen molar-refractivity contribution in [3.8, 4) is 5.75 Å². The van der Waals surface area contributed by atoms with E-state index >= 15 is 0 Å². The molecule has 0 spiro atoms. The molecule has 1 aliphatic rings. The van der Waals surface area contributed by atoms with Crippen molar-refractivity contribution in [2.24, 2.45) is 0 Å². The number of aromatic carboxylic acids is 1. The number of carbonyl (C=O) groups is 1. The predicted molar refractivity (Wildman–Crippen MR) is 82.8 cm³/mol. The highest BCUT2D eigenvalue weighted by Gasteiger charge is 2.22. The maximum atomic E-state index is 11.1. The molecule has 1 aromatic carbocycles. The average molecular weight is 317 g/mol. The Morgan fingerprint density at radius 1 is 1.18 bits per heavy atom. The van der Waals surface area contributed by atoms with Gasteiger partial charge in [-0.05, 0) is 54.7 Å². The van der Waals surface area contributed by atoms with Crippen LogP contribution in [-0.2, 0) is 0 Å². The molecule has 3 rings (SSSR count). The topological polar surface area (TPSA) is 83.3 Å². The first-order chi connectivity index (χ1) is 10.6. The van der Waals surface area contributed by atoms with Gasteiger partial charge in [0, 0.05) is 10.6 Å². The summed E-state index contributed by atoms with van der Waals surface area (Å²) in [4.78, 5) is 11.1. The molecule has 0 atom stereocenters. The fourth-order valence-corrected chi connectivity index (χ4v) is 2.88. The van der Waals surface area contributed by atoms with Crippen molar-refractivity contribution >= 4 is 28.7 Å². The zero-order chi connectivity index (χ0) is 15.7. The van der Waals surface area contributed by atoms with Crippen molar-refractivity contribution in [2.45, 2.75) is 19.3 Å². The lowest BCUT2D eigenvalue weighted by molar-refractivity contribution is 0.0696. The molecule has 2 N–H and O–H groups in total. The molecule has 22 heavy (non-hydrogen) atoms. The molecule has 112 valence electrons. The van der Waals surface area contributed by atoms with Crippen LogP contribution in [0.2, 0.25) is 5.02 Å². The third-order valence-corrected chi connectivity index (χ3v) is 3.95. The second kappa shape index (κ2) is 5.77. The first-order valence-electron chi connectivity index (χ1n) is 6.83. The number of phenols is 1. The van der Waals surface area contributed by atoms with Crippen LogP contribution in [0.5, 0.6) is 5.75 Å². The van der Waals surface area contributed by atoms with Gasteiger partial charge in [-0.15, -0.1) is 0 Å². The molecule has 6 heteroatoms. The van der Waals surface area contributed by atoms with Gasteiger partial charge < -0.3 is 10.2 Å². The number of phenolic OH excluding ortho intramolecular Hbond substituents is 1. The van der Waals surface area contributed by atoms with Crippen LogP contribution < -0.4 is 0 Å². The normalized spacial score (nSPS) is 14.4. The van der Waals surface area contributed by atoms with E-state index in [0.29, 0.717) is 16.3 Å². The molecule has 2 aromatic rings. The summed E-state index contributed by atoms with van der Waals surface area (Å²) in [6.07, 6.45) is 3.68. The van der Waals surface area contributed by atoms with Gasteiger partial charge in [0.15, 0.2) is 0 Å². The number of rotatable bonds is 3. The lowest BCUT2D eigenvalue weighted by atomic mass is 9.99. The van der Waals surface area contributed by atoms with E-state index in [2.05, 4.69) is 10.2 Å². The second-order valence-electron chi connectivity index (χ2n) is 5.11. The molecule has 0 unspecified atom stereocenters. The first-order valence-corrected chi connectivity index (χ1v) is 7.21. The summed E-state index contributed by atoms with van der Waals surface area (Å²) >= 11 is 6.02. The smallest absolute Gasteiger partial charge is 0.337 e. The average Bonchev–Trinajstić information content (AvgIpc) is 2.99. The first kappa shape index (κ1) is 14.5. The molecular weight excluding hydrogens is 304 g/mol. The number of carboxylic acids is 1. The number of aromatic nitrogens is 2. The minimum absolute atomic E-state index is 0.0964. The van der Waals surface area contributed by atoms with Crippen LogP contribution in [0.1, 0.15) is 40.9 Å². The Kier molecular flexibility index (Phi) is 3.81. The summed E-state index contributed by atoms with van der Waals surface area (Å²) in [5.74, 6) is -0.886. The zero-order valence-corrected chi connectivity index (χ0v) is 12.3. The fraction of sp³-hybridized carbons (Fsp3) is 0.188. The van der Waals surface area contributed by atoms with E-state index in [-0.39, 0.29) is 11.3 Å². The molecule has 0 fully saturated rings. The summed E-state index contributed by atoms with van der Waals surface area (Å²) in [5, 5.41) is 27.5. The number of benzene rings is 1. The van der Waals surface area contributed by atoms with Crippen molar-refractivity contribution in [2.75, 3.05) is 0 Å². The van der Waals surface area contributed by atoms with E-state index in [9.17, 15) is 9.90 Å². The van der Waals surface area contributed by atoms with Crippen molar-refractivity contribution in [1.82, 2.24) is 10.2 Å². The molecule has 1 heterocycles. The summed E-state index contributed by atoms with van der Waals surface area (Å²) in [7, 11) is 0. The van der Waals surface area contributed by atoms with Crippen LogP contribution in [0.4, 0.5) is 0 Å². The maximum absolute atomic E-state index is 11.1. The van der Waals surface area contributed by atoms with Crippen LogP contribution in [0, 0.1) is 0 Å². The Balaban J connectivity index is 2.13. The Morgan fingerprint density at radius 3 is 2.73 bits per heavy atom. The summed E-state index contributed by atoms with van der Waals surface area (Å²) in [6, 6.07) is 6.41. The number of nitrogens with zero attached hydrogens (tertiary/aromatic N) is 2.